The Morgan fingerprint density at radius 3 is 3.10 bits per heavy atom. The molecule has 0 bridgehead atoms. The Labute approximate surface area is 131 Å². The van der Waals surface area contributed by atoms with Crippen molar-refractivity contribution in [3.8, 4) is 0 Å². The zero-order valence-corrected chi connectivity index (χ0v) is 13.2. The molecule has 3 nitrogen and oxygen atoms in total. The normalized spacial score (nSPS) is 17.1. The summed E-state index contributed by atoms with van der Waals surface area (Å²) in [6.45, 7) is 2.93. The number of nitrogens with zero attached hydrogens (tertiary/aromatic N) is 1. The number of halogens is 1. The standard InChI is InChI=1S/C17H22ClN3/c1-2-3-8-16-20-15(17(18)21-16)11-19-14-10-9-12-6-4-5-7-13(12)14/h4-7,14,19H,2-3,8-11H2,1H3,(H,20,21). The van der Waals surface area contributed by atoms with E-state index in [1.54, 1.807) is 0 Å². The molecule has 3 rings (SSSR count). The number of aryl methyl sites for hydroxylation is 2. The highest BCUT2D eigenvalue weighted by Gasteiger charge is 2.21. The fraction of sp³-hybridized carbons (Fsp3) is 0.471. The minimum atomic E-state index is 0.430. The Hall–Kier alpha value is -1.32. The van der Waals surface area contributed by atoms with Gasteiger partial charge in [0.15, 0.2) is 5.15 Å². The molecule has 0 radical (unpaired) electrons. The lowest BCUT2D eigenvalue weighted by Gasteiger charge is -2.13. The van der Waals surface area contributed by atoms with Crippen molar-refractivity contribution in [2.45, 2.75) is 51.6 Å². The number of rotatable bonds is 6. The molecule has 21 heavy (non-hydrogen) atoms. The first kappa shape index (κ1) is 14.6. The Balaban J connectivity index is 1.62. The molecule has 0 saturated carbocycles. The van der Waals surface area contributed by atoms with E-state index in [-0.39, 0.29) is 0 Å². The van der Waals surface area contributed by atoms with Crippen LogP contribution in [0.15, 0.2) is 24.3 Å². The van der Waals surface area contributed by atoms with E-state index in [0.717, 1.165) is 43.7 Å². The zero-order chi connectivity index (χ0) is 14.7. The Kier molecular flexibility index (Phi) is 4.61. The fourth-order valence-electron chi connectivity index (χ4n) is 3.01. The predicted molar refractivity (Wildman–Crippen MR) is 86.6 cm³/mol. The van der Waals surface area contributed by atoms with Crippen LogP contribution in [0, 0.1) is 0 Å². The lowest BCUT2D eigenvalue weighted by molar-refractivity contribution is 0.525. The average Bonchev–Trinajstić information content (AvgIpc) is 3.06. The number of benzene rings is 1. The summed E-state index contributed by atoms with van der Waals surface area (Å²) in [5, 5.41) is 4.22. The van der Waals surface area contributed by atoms with Gasteiger partial charge in [-0.1, -0.05) is 49.2 Å². The number of fused-ring (bicyclic) bond motifs is 1. The maximum Gasteiger partial charge on any atom is 0.151 e. The van der Waals surface area contributed by atoms with E-state index < -0.39 is 0 Å². The van der Waals surface area contributed by atoms with E-state index in [2.05, 4.69) is 46.5 Å². The summed E-state index contributed by atoms with van der Waals surface area (Å²) in [5.41, 5.74) is 3.90. The second-order valence-corrected chi connectivity index (χ2v) is 6.09. The maximum absolute atomic E-state index is 6.23. The first-order valence-electron chi connectivity index (χ1n) is 7.82. The summed E-state index contributed by atoms with van der Waals surface area (Å²) in [5.74, 6) is 1.01. The number of aromatic nitrogens is 2. The van der Waals surface area contributed by atoms with Crippen molar-refractivity contribution in [1.29, 1.82) is 0 Å². The first-order valence-corrected chi connectivity index (χ1v) is 8.20. The monoisotopic (exact) mass is 303 g/mol. The van der Waals surface area contributed by atoms with Gasteiger partial charge in [-0.25, -0.2) is 4.98 Å². The van der Waals surface area contributed by atoms with Crippen molar-refractivity contribution < 1.29 is 0 Å². The van der Waals surface area contributed by atoms with Gasteiger partial charge in [-0.3, -0.25) is 0 Å². The molecule has 1 aliphatic rings. The van der Waals surface area contributed by atoms with E-state index in [1.165, 1.54) is 17.5 Å². The van der Waals surface area contributed by atoms with Crippen molar-refractivity contribution in [3.05, 3.63) is 52.1 Å². The maximum atomic E-state index is 6.23. The van der Waals surface area contributed by atoms with Gasteiger partial charge in [0.2, 0.25) is 0 Å². The molecule has 1 aromatic carbocycles. The van der Waals surface area contributed by atoms with E-state index in [1.807, 2.05) is 0 Å². The fourth-order valence-corrected chi connectivity index (χ4v) is 3.23. The zero-order valence-electron chi connectivity index (χ0n) is 12.5. The predicted octanol–water partition coefficient (Wildman–Crippen LogP) is 4.18. The summed E-state index contributed by atoms with van der Waals surface area (Å²) in [6.07, 6.45) is 5.61. The van der Waals surface area contributed by atoms with Gasteiger partial charge in [-0.15, -0.1) is 0 Å². The van der Waals surface area contributed by atoms with Gasteiger partial charge in [-0.2, -0.15) is 0 Å². The average molecular weight is 304 g/mol. The molecule has 4 heteroatoms. The van der Waals surface area contributed by atoms with E-state index >= 15 is 0 Å². The van der Waals surface area contributed by atoms with Gasteiger partial charge in [-0.05, 0) is 30.4 Å². The second kappa shape index (κ2) is 6.63. The molecular weight excluding hydrogens is 282 g/mol. The van der Waals surface area contributed by atoms with Crippen LogP contribution in [0.1, 0.15) is 54.9 Å². The van der Waals surface area contributed by atoms with Crippen molar-refractivity contribution in [2.24, 2.45) is 0 Å². The Bertz CT molecular complexity index is 606. The van der Waals surface area contributed by atoms with Crippen LogP contribution < -0.4 is 5.32 Å². The molecule has 2 aromatic rings. The van der Waals surface area contributed by atoms with Crippen LogP contribution in [0.2, 0.25) is 5.15 Å². The number of unbranched alkanes of at least 4 members (excludes halogenated alkanes) is 1. The number of hydrogen-bond donors (Lipinski definition) is 2. The van der Waals surface area contributed by atoms with Gasteiger partial charge in [0.05, 0.1) is 5.69 Å². The van der Waals surface area contributed by atoms with Crippen LogP contribution in [0.4, 0.5) is 0 Å². The summed E-state index contributed by atoms with van der Waals surface area (Å²) in [4.78, 5) is 7.77. The van der Waals surface area contributed by atoms with E-state index in [0.29, 0.717) is 11.2 Å². The number of hydrogen-bond acceptors (Lipinski definition) is 2. The Morgan fingerprint density at radius 2 is 2.24 bits per heavy atom. The van der Waals surface area contributed by atoms with E-state index in [9.17, 15) is 0 Å². The van der Waals surface area contributed by atoms with Gasteiger partial charge in [0.25, 0.3) is 0 Å². The summed E-state index contributed by atoms with van der Waals surface area (Å²) in [7, 11) is 0. The third kappa shape index (κ3) is 3.30. The topological polar surface area (TPSA) is 40.7 Å². The Morgan fingerprint density at radius 1 is 1.38 bits per heavy atom. The lowest BCUT2D eigenvalue weighted by atomic mass is 10.1. The highest BCUT2D eigenvalue weighted by Crippen LogP contribution is 2.31. The summed E-state index contributed by atoms with van der Waals surface area (Å²) in [6, 6.07) is 9.11. The van der Waals surface area contributed by atoms with Crippen LogP contribution in [-0.4, -0.2) is 9.97 Å². The van der Waals surface area contributed by atoms with Crippen LogP contribution in [0.5, 0.6) is 0 Å². The summed E-state index contributed by atoms with van der Waals surface area (Å²) < 4.78 is 0. The first-order chi connectivity index (χ1) is 10.3. The molecule has 1 unspecified atom stereocenters. The van der Waals surface area contributed by atoms with Crippen LogP contribution >= 0.6 is 11.6 Å². The van der Waals surface area contributed by atoms with Gasteiger partial charge >= 0.3 is 0 Å². The van der Waals surface area contributed by atoms with Gasteiger partial charge in [0.1, 0.15) is 5.82 Å². The summed E-state index contributed by atoms with van der Waals surface area (Å²) >= 11 is 6.23. The van der Waals surface area contributed by atoms with Crippen molar-refractivity contribution >= 4 is 11.6 Å². The quantitative estimate of drug-likeness (QED) is 0.840. The molecular formula is C17H22ClN3. The molecule has 0 fully saturated rings. The molecule has 2 N–H and O–H groups in total. The van der Waals surface area contributed by atoms with Crippen LogP contribution in [0.25, 0.3) is 0 Å². The van der Waals surface area contributed by atoms with Crippen LogP contribution in [-0.2, 0) is 19.4 Å². The number of H-pyrrole nitrogens is 1. The van der Waals surface area contributed by atoms with Crippen molar-refractivity contribution in [1.82, 2.24) is 15.3 Å². The molecule has 0 spiro atoms. The van der Waals surface area contributed by atoms with Crippen molar-refractivity contribution in [3.63, 3.8) is 0 Å². The molecule has 1 heterocycles. The third-order valence-corrected chi connectivity index (χ3v) is 4.52. The van der Waals surface area contributed by atoms with Gasteiger partial charge < -0.3 is 10.3 Å². The number of nitrogens with one attached hydrogen (secondary N) is 2. The lowest BCUT2D eigenvalue weighted by Crippen LogP contribution is -2.19. The molecule has 1 aromatic heterocycles. The second-order valence-electron chi connectivity index (χ2n) is 5.73. The highest BCUT2D eigenvalue weighted by atomic mass is 35.5. The largest absolute Gasteiger partial charge is 0.344 e. The SMILES string of the molecule is CCCCc1nc(Cl)c(CNC2CCc3ccccc32)[nH]1. The molecule has 1 atom stereocenters. The van der Waals surface area contributed by atoms with Crippen molar-refractivity contribution in [2.75, 3.05) is 0 Å². The molecule has 0 aliphatic heterocycles. The number of imidazole rings is 1. The van der Waals surface area contributed by atoms with E-state index in [4.69, 9.17) is 11.6 Å². The third-order valence-electron chi connectivity index (χ3n) is 4.20. The van der Waals surface area contributed by atoms with Gasteiger partial charge in [0, 0.05) is 19.0 Å². The highest BCUT2D eigenvalue weighted by molar-refractivity contribution is 6.30. The minimum Gasteiger partial charge on any atom is -0.344 e. The smallest absolute Gasteiger partial charge is 0.151 e. The molecule has 1 aliphatic carbocycles. The molecule has 0 saturated heterocycles. The van der Waals surface area contributed by atoms with Crippen LogP contribution in [0.3, 0.4) is 0 Å². The number of aromatic amines is 1. The molecule has 0 amide bonds. The molecule has 112 valence electrons. The minimum absolute atomic E-state index is 0.430.